The van der Waals surface area contributed by atoms with E-state index in [0.717, 1.165) is 5.39 Å². The molecule has 104 valence electrons. The van der Waals surface area contributed by atoms with Gasteiger partial charge in [0.1, 0.15) is 11.5 Å². The third-order valence-corrected chi connectivity index (χ3v) is 3.31. The van der Waals surface area contributed by atoms with Gasteiger partial charge in [-0.1, -0.05) is 24.3 Å². The predicted molar refractivity (Wildman–Crippen MR) is 82.8 cm³/mol. The molecule has 0 aliphatic rings. The van der Waals surface area contributed by atoms with Crippen LogP contribution >= 0.6 is 0 Å². The van der Waals surface area contributed by atoms with Crippen molar-refractivity contribution in [3.05, 3.63) is 59.9 Å². The number of benzene rings is 1. The van der Waals surface area contributed by atoms with Gasteiger partial charge in [0.05, 0.1) is 5.52 Å². The molecule has 5 nitrogen and oxygen atoms in total. The SMILES string of the molecule is Nc1ncccc1CC(=O)c1cc(N)c2ccccc2n1. The van der Waals surface area contributed by atoms with Crippen molar-refractivity contribution in [1.82, 2.24) is 9.97 Å². The minimum absolute atomic E-state index is 0.132. The van der Waals surface area contributed by atoms with Crippen LogP contribution < -0.4 is 11.5 Å². The molecule has 5 heteroatoms. The van der Waals surface area contributed by atoms with Crippen molar-refractivity contribution >= 4 is 28.2 Å². The summed E-state index contributed by atoms with van der Waals surface area (Å²) in [6.07, 6.45) is 1.75. The van der Waals surface area contributed by atoms with Crippen molar-refractivity contribution in [3.8, 4) is 0 Å². The van der Waals surface area contributed by atoms with E-state index in [1.165, 1.54) is 0 Å². The van der Waals surface area contributed by atoms with Crippen LogP contribution in [0.1, 0.15) is 16.1 Å². The van der Waals surface area contributed by atoms with E-state index in [4.69, 9.17) is 11.5 Å². The molecule has 0 aliphatic heterocycles. The van der Waals surface area contributed by atoms with Gasteiger partial charge in [-0.05, 0) is 18.2 Å². The fourth-order valence-corrected chi connectivity index (χ4v) is 2.21. The lowest BCUT2D eigenvalue weighted by atomic mass is 10.1. The molecule has 0 saturated carbocycles. The first-order valence-corrected chi connectivity index (χ1v) is 6.53. The number of ketones is 1. The Balaban J connectivity index is 1.97. The smallest absolute Gasteiger partial charge is 0.185 e. The Hall–Kier alpha value is -2.95. The summed E-state index contributed by atoms with van der Waals surface area (Å²) in [6.45, 7) is 0. The molecule has 0 saturated heterocycles. The quantitative estimate of drug-likeness (QED) is 0.716. The van der Waals surface area contributed by atoms with Gasteiger partial charge in [-0.25, -0.2) is 9.97 Å². The molecule has 0 aliphatic carbocycles. The number of carbonyl (C=O) groups is 1. The van der Waals surface area contributed by atoms with Gasteiger partial charge in [-0.3, -0.25) is 4.79 Å². The summed E-state index contributed by atoms with van der Waals surface area (Å²) in [5.74, 6) is 0.228. The van der Waals surface area contributed by atoms with Crippen LogP contribution in [-0.4, -0.2) is 15.8 Å². The van der Waals surface area contributed by atoms with Crippen LogP contribution in [0.3, 0.4) is 0 Å². The van der Waals surface area contributed by atoms with Crippen molar-refractivity contribution in [3.63, 3.8) is 0 Å². The van der Waals surface area contributed by atoms with E-state index in [-0.39, 0.29) is 12.2 Å². The van der Waals surface area contributed by atoms with Crippen molar-refractivity contribution < 1.29 is 4.79 Å². The van der Waals surface area contributed by atoms with E-state index >= 15 is 0 Å². The van der Waals surface area contributed by atoms with Crippen LogP contribution in [0, 0.1) is 0 Å². The molecule has 0 radical (unpaired) electrons. The Labute approximate surface area is 121 Å². The number of fused-ring (bicyclic) bond motifs is 1. The van der Waals surface area contributed by atoms with Crippen LogP contribution in [-0.2, 0) is 6.42 Å². The van der Waals surface area contributed by atoms with E-state index in [1.54, 1.807) is 24.4 Å². The molecule has 2 aromatic heterocycles. The molecule has 3 aromatic rings. The van der Waals surface area contributed by atoms with Crippen LogP contribution in [0.4, 0.5) is 11.5 Å². The topological polar surface area (TPSA) is 94.9 Å². The van der Waals surface area contributed by atoms with Gasteiger partial charge in [0.15, 0.2) is 5.78 Å². The minimum atomic E-state index is -0.132. The highest BCUT2D eigenvalue weighted by Crippen LogP contribution is 2.21. The van der Waals surface area contributed by atoms with E-state index < -0.39 is 0 Å². The second kappa shape index (κ2) is 5.20. The number of nitrogen functional groups attached to an aromatic ring is 2. The Morgan fingerprint density at radius 3 is 2.71 bits per heavy atom. The molecule has 0 bridgehead atoms. The van der Waals surface area contributed by atoms with Gasteiger partial charge in [0, 0.05) is 29.3 Å². The van der Waals surface area contributed by atoms with Crippen molar-refractivity contribution in [2.45, 2.75) is 6.42 Å². The van der Waals surface area contributed by atoms with E-state index in [9.17, 15) is 4.79 Å². The zero-order valence-electron chi connectivity index (χ0n) is 11.3. The van der Waals surface area contributed by atoms with Gasteiger partial charge >= 0.3 is 0 Å². The Morgan fingerprint density at radius 2 is 1.90 bits per heavy atom. The molecule has 21 heavy (non-hydrogen) atoms. The average Bonchev–Trinajstić information content (AvgIpc) is 2.49. The molecule has 2 heterocycles. The number of nitrogens with zero attached hydrogens (tertiary/aromatic N) is 2. The van der Waals surface area contributed by atoms with Gasteiger partial charge in [-0.15, -0.1) is 0 Å². The fraction of sp³-hybridized carbons (Fsp3) is 0.0625. The maximum Gasteiger partial charge on any atom is 0.185 e. The molecule has 0 spiro atoms. The summed E-state index contributed by atoms with van der Waals surface area (Å²) >= 11 is 0. The van der Waals surface area contributed by atoms with Gasteiger partial charge < -0.3 is 11.5 Å². The number of hydrogen-bond donors (Lipinski definition) is 2. The van der Waals surface area contributed by atoms with Crippen molar-refractivity contribution in [2.75, 3.05) is 11.5 Å². The highest BCUT2D eigenvalue weighted by atomic mass is 16.1. The monoisotopic (exact) mass is 278 g/mol. The summed E-state index contributed by atoms with van der Waals surface area (Å²) < 4.78 is 0. The lowest BCUT2D eigenvalue weighted by molar-refractivity contribution is 0.0988. The lowest BCUT2D eigenvalue weighted by Crippen LogP contribution is -2.09. The average molecular weight is 278 g/mol. The first kappa shape index (κ1) is 13.1. The molecule has 0 amide bonds. The first-order chi connectivity index (χ1) is 10.1. The zero-order chi connectivity index (χ0) is 14.8. The zero-order valence-corrected chi connectivity index (χ0v) is 11.3. The predicted octanol–water partition coefficient (Wildman–Crippen LogP) is 2.22. The Kier molecular flexibility index (Phi) is 3.23. The van der Waals surface area contributed by atoms with Crippen LogP contribution in [0.5, 0.6) is 0 Å². The third kappa shape index (κ3) is 2.53. The third-order valence-electron chi connectivity index (χ3n) is 3.31. The molecule has 0 atom stereocenters. The number of nitrogens with two attached hydrogens (primary N) is 2. The summed E-state index contributed by atoms with van der Waals surface area (Å²) in [5, 5.41) is 0.843. The first-order valence-electron chi connectivity index (χ1n) is 6.53. The maximum atomic E-state index is 12.4. The Bertz CT molecular complexity index is 829. The number of hydrogen-bond acceptors (Lipinski definition) is 5. The second-order valence-electron chi connectivity index (χ2n) is 4.76. The normalized spacial score (nSPS) is 10.7. The molecule has 0 unspecified atom stereocenters. The molecule has 4 N–H and O–H groups in total. The Morgan fingerprint density at radius 1 is 1.10 bits per heavy atom. The molecule has 0 fully saturated rings. The van der Waals surface area contributed by atoms with Crippen LogP contribution in [0.25, 0.3) is 10.9 Å². The molecule has 3 rings (SSSR count). The lowest BCUT2D eigenvalue weighted by Gasteiger charge is -2.06. The molecule has 1 aromatic carbocycles. The summed E-state index contributed by atoms with van der Waals surface area (Å²) in [5.41, 5.74) is 14.0. The second-order valence-corrected chi connectivity index (χ2v) is 4.76. The number of para-hydroxylation sites is 1. The number of rotatable bonds is 3. The molecular formula is C16H14N4O. The van der Waals surface area contributed by atoms with Crippen molar-refractivity contribution in [2.24, 2.45) is 0 Å². The highest BCUT2D eigenvalue weighted by molar-refractivity contribution is 6.01. The number of pyridine rings is 2. The molecular weight excluding hydrogens is 264 g/mol. The number of anilines is 2. The van der Waals surface area contributed by atoms with Gasteiger partial charge in [0.25, 0.3) is 0 Å². The number of carbonyl (C=O) groups excluding carboxylic acids is 1. The van der Waals surface area contributed by atoms with Gasteiger partial charge in [0.2, 0.25) is 0 Å². The number of aromatic nitrogens is 2. The van der Waals surface area contributed by atoms with E-state index in [2.05, 4.69) is 9.97 Å². The maximum absolute atomic E-state index is 12.4. The largest absolute Gasteiger partial charge is 0.398 e. The minimum Gasteiger partial charge on any atom is -0.398 e. The van der Waals surface area contributed by atoms with Crippen LogP contribution in [0.15, 0.2) is 48.7 Å². The van der Waals surface area contributed by atoms with E-state index in [1.807, 2.05) is 24.3 Å². The number of Topliss-reactive ketones (excluding diaryl/α,β-unsaturated/α-hetero) is 1. The van der Waals surface area contributed by atoms with Crippen LogP contribution in [0.2, 0.25) is 0 Å². The highest BCUT2D eigenvalue weighted by Gasteiger charge is 2.13. The fourth-order valence-electron chi connectivity index (χ4n) is 2.21. The standard InChI is InChI=1S/C16H14N4O/c17-12-9-14(20-13-6-2-1-5-11(12)13)15(21)8-10-4-3-7-19-16(10)18/h1-7,9H,8H2,(H2,17,20)(H2,18,19). The summed E-state index contributed by atoms with van der Waals surface area (Å²) in [7, 11) is 0. The van der Waals surface area contributed by atoms with Crippen molar-refractivity contribution in [1.29, 1.82) is 0 Å². The van der Waals surface area contributed by atoms with E-state index in [0.29, 0.717) is 28.3 Å². The summed E-state index contributed by atoms with van der Waals surface area (Å²) in [6, 6.07) is 12.6. The summed E-state index contributed by atoms with van der Waals surface area (Å²) in [4.78, 5) is 20.7. The van der Waals surface area contributed by atoms with Gasteiger partial charge in [-0.2, -0.15) is 0 Å².